The number of hydrogen-bond acceptors (Lipinski definition) is 3. The van der Waals surface area contributed by atoms with Gasteiger partial charge in [0.25, 0.3) is 0 Å². The van der Waals surface area contributed by atoms with Crippen LogP contribution in [0, 0.1) is 5.92 Å². The Morgan fingerprint density at radius 3 is 2.47 bits per heavy atom. The molecule has 2 N–H and O–H groups in total. The van der Waals surface area contributed by atoms with Gasteiger partial charge >= 0.3 is 0 Å². The van der Waals surface area contributed by atoms with E-state index in [0.717, 1.165) is 25.7 Å². The van der Waals surface area contributed by atoms with E-state index in [0.29, 0.717) is 24.8 Å². The van der Waals surface area contributed by atoms with Crippen LogP contribution in [0.3, 0.4) is 0 Å². The molecule has 1 aliphatic heterocycles. The van der Waals surface area contributed by atoms with Crippen molar-refractivity contribution in [2.75, 3.05) is 18.8 Å². The highest BCUT2D eigenvalue weighted by atomic mass is 32.2. The summed E-state index contributed by atoms with van der Waals surface area (Å²) < 4.78 is 25.2. The van der Waals surface area contributed by atoms with Gasteiger partial charge in [0.05, 0.1) is 5.75 Å². The second-order valence-corrected chi connectivity index (χ2v) is 7.12. The molecule has 2 fully saturated rings. The summed E-state index contributed by atoms with van der Waals surface area (Å²) in [4.78, 5) is 0. The molecule has 0 aromatic rings. The van der Waals surface area contributed by atoms with Gasteiger partial charge in [0.15, 0.2) is 0 Å². The van der Waals surface area contributed by atoms with Crippen LogP contribution in [0.15, 0.2) is 0 Å². The Balaban J connectivity index is 1.87. The van der Waals surface area contributed by atoms with Crippen LogP contribution >= 0.6 is 0 Å². The van der Waals surface area contributed by atoms with Gasteiger partial charge in [0.1, 0.15) is 0 Å². The molecule has 2 rings (SSSR count). The molecule has 0 aromatic heterocycles. The Hall–Kier alpha value is -0.130. The van der Waals surface area contributed by atoms with Crippen molar-refractivity contribution in [2.24, 2.45) is 11.7 Å². The van der Waals surface area contributed by atoms with Crippen molar-refractivity contribution in [2.45, 2.75) is 38.1 Å². The summed E-state index contributed by atoms with van der Waals surface area (Å²) in [5, 5.41) is 0. The average molecular weight is 232 g/mol. The topological polar surface area (TPSA) is 63.4 Å². The van der Waals surface area contributed by atoms with Crippen LogP contribution in [0.4, 0.5) is 0 Å². The molecule has 0 spiro atoms. The fraction of sp³-hybridized carbons (Fsp3) is 1.00. The van der Waals surface area contributed by atoms with E-state index >= 15 is 0 Å². The van der Waals surface area contributed by atoms with E-state index < -0.39 is 10.0 Å². The van der Waals surface area contributed by atoms with Crippen LogP contribution in [0.1, 0.15) is 32.6 Å². The van der Waals surface area contributed by atoms with E-state index in [1.165, 1.54) is 0 Å². The normalized spacial score (nSPS) is 26.3. The molecule has 1 aliphatic carbocycles. The molecule has 0 aromatic carbocycles. The summed E-state index contributed by atoms with van der Waals surface area (Å²) in [6, 6.07) is 0. The van der Waals surface area contributed by atoms with Crippen LogP contribution in [0.25, 0.3) is 0 Å². The van der Waals surface area contributed by atoms with Gasteiger partial charge in [-0.1, -0.05) is 13.3 Å². The first kappa shape index (κ1) is 11.4. The zero-order valence-corrected chi connectivity index (χ0v) is 10.1. The minimum atomic E-state index is -3.00. The Morgan fingerprint density at radius 1 is 1.40 bits per heavy atom. The molecule has 5 heteroatoms. The molecule has 0 unspecified atom stereocenters. The summed E-state index contributed by atoms with van der Waals surface area (Å²) in [5.74, 6) is 0.767. The Bertz CT molecular complexity index is 329. The third-order valence-electron chi connectivity index (χ3n) is 3.27. The molecule has 1 saturated heterocycles. The molecule has 1 heterocycles. The average Bonchev–Trinajstić information content (AvgIpc) is 2.83. The SMILES string of the molecule is CCCC1(N)CN(S(=O)(=O)CC2CC2)C1. The van der Waals surface area contributed by atoms with Crippen molar-refractivity contribution in [3.63, 3.8) is 0 Å². The monoisotopic (exact) mass is 232 g/mol. The first-order valence-corrected chi connectivity index (χ1v) is 7.33. The highest BCUT2D eigenvalue weighted by molar-refractivity contribution is 7.89. The Kier molecular flexibility index (Phi) is 2.81. The highest BCUT2D eigenvalue weighted by Crippen LogP contribution is 2.34. The van der Waals surface area contributed by atoms with Crippen molar-refractivity contribution in [1.29, 1.82) is 0 Å². The summed E-state index contributed by atoms with van der Waals surface area (Å²) in [6.07, 6.45) is 4.10. The zero-order valence-electron chi connectivity index (χ0n) is 9.28. The fourth-order valence-corrected chi connectivity index (χ4v) is 4.24. The van der Waals surface area contributed by atoms with Crippen LogP contribution in [0.5, 0.6) is 0 Å². The quantitative estimate of drug-likeness (QED) is 0.752. The van der Waals surface area contributed by atoms with E-state index in [2.05, 4.69) is 6.92 Å². The lowest BCUT2D eigenvalue weighted by Crippen LogP contribution is -2.68. The Morgan fingerprint density at radius 2 is 2.00 bits per heavy atom. The lowest BCUT2D eigenvalue weighted by Gasteiger charge is -2.46. The van der Waals surface area contributed by atoms with E-state index in [4.69, 9.17) is 5.73 Å². The van der Waals surface area contributed by atoms with E-state index in [-0.39, 0.29) is 5.54 Å². The molecule has 15 heavy (non-hydrogen) atoms. The lowest BCUT2D eigenvalue weighted by molar-refractivity contribution is 0.147. The van der Waals surface area contributed by atoms with E-state index in [1.807, 2.05) is 0 Å². The molecular formula is C10H20N2O2S. The largest absolute Gasteiger partial charge is 0.323 e. The number of nitrogens with zero attached hydrogens (tertiary/aromatic N) is 1. The lowest BCUT2D eigenvalue weighted by atomic mass is 9.89. The minimum absolute atomic E-state index is 0.245. The molecule has 88 valence electrons. The van der Waals surface area contributed by atoms with Gasteiger partial charge in [-0.2, -0.15) is 4.31 Å². The Labute approximate surface area is 91.9 Å². The number of hydrogen-bond donors (Lipinski definition) is 1. The van der Waals surface area contributed by atoms with Crippen molar-refractivity contribution in [1.82, 2.24) is 4.31 Å². The van der Waals surface area contributed by atoms with Gasteiger partial charge < -0.3 is 5.73 Å². The minimum Gasteiger partial charge on any atom is -0.323 e. The van der Waals surface area contributed by atoms with E-state index in [1.54, 1.807) is 4.31 Å². The predicted octanol–water partition coefficient (Wildman–Crippen LogP) is 0.539. The summed E-state index contributed by atoms with van der Waals surface area (Å²) >= 11 is 0. The van der Waals surface area contributed by atoms with Gasteiger partial charge in [0.2, 0.25) is 10.0 Å². The molecule has 4 nitrogen and oxygen atoms in total. The highest BCUT2D eigenvalue weighted by Gasteiger charge is 2.45. The van der Waals surface area contributed by atoms with Gasteiger partial charge in [0, 0.05) is 18.6 Å². The third-order valence-corrected chi connectivity index (χ3v) is 5.20. The van der Waals surface area contributed by atoms with E-state index in [9.17, 15) is 8.42 Å². The molecule has 1 saturated carbocycles. The van der Waals surface area contributed by atoms with Crippen molar-refractivity contribution in [3.8, 4) is 0 Å². The molecule has 2 aliphatic rings. The van der Waals surface area contributed by atoms with Crippen LogP contribution in [-0.2, 0) is 10.0 Å². The summed E-state index contributed by atoms with van der Waals surface area (Å²) in [6.45, 7) is 3.13. The third kappa shape index (κ3) is 2.52. The van der Waals surface area contributed by atoms with Gasteiger partial charge in [-0.15, -0.1) is 0 Å². The van der Waals surface area contributed by atoms with Gasteiger partial charge in [-0.3, -0.25) is 0 Å². The molecule has 0 atom stereocenters. The van der Waals surface area contributed by atoms with Crippen molar-refractivity contribution in [3.05, 3.63) is 0 Å². The summed E-state index contributed by atoms with van der Waals surface area (Å²) in [7, 11) is -3.00. The maximum absolute atomic E-state index is 11.8. The maximum Gasteiger partial charge on any atom is 0.214 e. The van der Waals surface area contributed by atoms with Crippen LogP contribution < -0.4 is 5.73 Å². The van der Waals surface area contributed by atoms with Crippen LogP contribution in [0.2, 0.25) is 0 Å². The number of nitrogens with two attached hydrogens (primary N) is 1. The van der Waals surface area contributed by atoms with Crippen LogP contribution in [-0.4, -0.2) is 37.1 Å². The first-order valence-electron chi connectivity index (χ1n) is 5.72. The molecular weight excluding hydrogens is 212 g/mol. The fourth-order valence-electron chi connectivity index (χ4n) is 2.20. The molecule has 0 bridgehead atoms. The predicted molar refractivity (Wildman–Crippen MR) is 59.9 cm³/mol. The number of sulfonamides is 1. The second-order valence-electron chi connectivity index (χ2n) is 5.10. The summed E-state index contributed by atoms with van der Waals surface area (Å²) in [5.41, 5.74) is 5.80. The zero-order chi connectivity index (χ0) is 11.1. The second kappa shape index (κ2) is 3.71. The smallest absolute Gasteiger partial charge is 0.214 e. The molecule has 0 amide bonds. The maximum atomic E-state index is 11.8. The van der Waals surface area contributed by atoms with Crippen molar-refractivity contribution < 1.29 is 8.42 Å². The van der Waals surface area contributed by atoms with Gasteiger partial charge in [-0.25, -0.2) is 8.42 Å². The standard InChI is InChI=1S/C10H20N2O2S/c1-2-5-10(11)7-12(8-10)15(13,14)6-9-3-4-9/h9H,2-8,11H2,1H3. The first-order chi connectivity index (χ1) is 6.95. The van der Waals surface area contributed by atoms with Gasteiger partial charge in [-0.05, 0) is 25.2 Å². The van der Waals surface area contributed by atoms with Crippen molar-refractivity contribution >= 4 is 10.0 Å². The number of rotatable bonds is 5. The molecule has 0 radical (unpaired) electrons.